The molecule has 0 fully saturated rings. The van der Waals surface area contributed by atoms with Gasteiger partial charge in [0, 0.05) is 11.5 Å². The van der Waals surface area contributed by atoms with Crippen LogP contribution >= 0.6 is 24.2 Å². The molecule has 2 heterocycles. The Hall–Kier alpha value is -1.79. The Kier molecular flexibility index (Phi) is 3.51. The summed E-state index contributed by atoms with van der Waals surface area (Å²) in [4.78, 5) is 4.54. The molecule has 5 nitrogen and oxygen atoms in total. The van der Waals surface area contributed by atoms with Crippen molar-refractivity contribution in [2.45, 2.75) is 19.0 Å². The number of thiol groups is 1. The number of hydrogen-bond acceptors (Lipinski definition) is 5. The van der Waals surface area contributed by atoms with Crippen LogP contribution in [-0.4, -0.2) is 26.9 Å². The lowest BCUT2D eigenvalue weighted by Gasteiger charge is -2.13. The third kappa shape index (κ3) is 2.24. The smallest absolute Gasteiger partial charge is 0.215 e. The molecule has 3 rings (SSSR count). The van der Waals surface area contributed by atoms with Crippen molar-refractivity contribution < 1.29 is 4.74 Å². The molecule has 0 N–H and O–H groups in total. The minimum atomic E-state index is 0.464. The van der Waals surface area contributed by atoms with Gasteiger partial charge < -0.3 is 4.74 Å². The fourth-order valence-corrected chi connectivity index (χ4v) is 2.97. The summed E-state index contributed by atoms with van der Waals surface area (Å²) in [5.41, 5.74) is 2.60. The third-order valence-corrected chi connectivity index (χ3v) is 3.92. The number of pyridine rings is 1. The fraction of sp³-hybridized carbons (Fsp3) is 0.214. The van der Waals surface area contributed by atoms with Crippen LogP contribution in [0.1, 0.15) is 11.4 Å². The number of hydrogen-bond donors (Lipinski definition) is 1. The molecule has 108 valence electrons. The lowest BCUT2D eigenvalue weighted by Crippen LogP contribution is -2.02. The SMILES string of the molecule is COc1cc(Cl)c2c(C)ccc(-n3c(C)nnc3S)c2n1. The number of ether oxygens (including phenoxy) is 1. The van der Waals surface area contributed by atoms with E-state index < -0.39 is 0 Å². The molecule has 2 aromatic heterocycles. The van der Waals surface area contributed by atoms with Crippen LogP contribution < -0.4 is 4.74 Å². The highest BCUT2D eigenvalue weighted by Crippen LogP contribution is 2.33. The van der Waals surface area contributed by atoms with E-state index in [2.05, 4.69) is 27.8 Å². The van der Waals surface area contributed by atoms with Gasteiger partial charge in [0.25, 0.3) is 0 Å². The van der Waals surface area contributed by atoms with E-state index in [1.54, 1.807) is 13.2 Å². The molecule has 3 aromatic rings. The Balaban J connectivity index is 2.44. The fourth-order valence-electron chi connectivity index (χ4n) is 2.34. The second-order valence-electron chi connectivity index (χ2n) is 4.65. The highest BCUT2D eigenvalue weighted by molar-refractivity contribution is 7.80. The molecular weight excluding hydrogens is 308 g/mol. The lowest BCUT2D eigenvalue weighted by atomic mass is 10.1. The van der Waals surface area contributed by atoms with Gasteiger partial charge in [-0.05, 0) is 25.5 Å². The van der Waals surface area contributed by atoms with Gasteiger partial charge in [0.15, 0.2) is 5.16 Å². The van der Waals surface area contributed by atoms with Crippen LogP contribution in [0.3, 0.4) is 0 Å². The maximum Gasteiger partial charge on any atom is 0.215 e. The van der Waals surface area contributed by atoms with E-state index in [-0.39, 0.29) is 0 Å². The van der Waals surface area contributed by atoms with Crippen LogP contribution in [-0.2, 0) is 0 Å². The number of aryl methyl sites for hydroxylation is 2. The zero-order valence-electron chi connectivity index (χ0n) is 11.8. The zero-order valence-corrected chi connectivity index (χ0v) is 13.4. The number of nitrogens with zero attached hydrogens (tertiary/aromatic N) is 4. The Labute approximate surface area is 132 Å². The van der Waals surface area contributed by atoms with Crippen LogP contribution in [0.5, 0.6) is 5.88 Å². The van der Waals surface area contributed by atoms with Crippen molar-refractivity contribution in [3.8, 4) is 11.6 Å². The molecule has 21 heavy (non-hydrogen) atoms. The monoisotopic (exact) mass is 320 g/mol. The summed E-state index contributed by atoms with van der Waals surface area (Å²) in [6.07, 6.45) is 0. The second-order valence-corrected chi connectivity index (χ2v) is 5.46. The van der Waals surface area contributed by atoms with Crippen LogP contribution in [0, 0.1) is 13.8 Å². The van der Waals surface area contributed by atoms with E-state index in [1.165, 1.54) is 0 Å². The molecule has 0 atom stereocenters. The molecule has 0 saturated carbocycles. The standard InChI is InChI=1S/C14H13ClN4OS/c1-7-4-5-10(19-8(2)17-18-14(19)21)13-12(7)9(15)6-11(16-13)20-3/h4-6H,1-3H3,(H,18,21). The zero-order chi connectivity index (χ0) is 15.1. The normalized spacial score (nSPS) is 11.1. The molecule has 0 spiro atoms. The van der Waals surface area contributed by atoms with E-state index in [4.69, 9.17) is 16.3 Å². The van der Waals surface area contributed by atoms with Crippen molar-refractivity contribution in [1.29, 1.82) is 0 Å². The Morgan fingerprint density at radius 3 is 2.62 bits per heavy atom. The van der Waals surface area contributed by atoms with Crippen molar-refractivity contribution in [3.63, 3.8) is 0 Å². The number of halogens is 1. The number of methoxy groups -OCH3 is 1. The van der Waals surface area contributed by atoms with E-state index in [9.17, 15) is 0 Å². The quantitative estimate of drug-likeness (QED) is 0.735. The summed E-state index contributed by atoms with van der Waals surface area (Å²) in [5.74, 6) is 1.19. The van der Waals surface area contributed by atoms with Gasteiger partial charge in [0.05, 0.1) is 17.8 Å². The third-order valence-electron chi connectivity index (χ3n) is 3.33. The first-order chi connectivity index (χ1) is 10.0. The van der Waals surface area contributed by atoms with Gasteiger partial charge >= 0.3 is 0 Å². The molecule has 0 unspecified atom stereocenters. The summed E-state index contributed by atoms with van der Waals surface area (Å²) in [6, 6.07) is 5.65. The first kappa shape index (κ1) is 14.2. The van der Waals surface area contributed by atoms with Crippen molar-refractivity contribution in [1.82, 2.24) is 19.7 Å². The minimum Gasteiger partial charge on any atom is -0.481 e. The highest BCUT2D eigenvalue weighted by atomic mass is 35.5. The largest absolute Gasteiger partial charge is 0.481 e. The Bertz CT molecular complexity index is 827. The van der Waals surface area contributed by atoms with Gasteiger partial charge in [-0.2, -0.15) is 0 Å². The predicted octanol–water partition coefficient (Wildman–Crippen LogP) is 3.38. The molecule has 1 aromatic carbocycles. The van der Waals surface area contributed by atoms with Gasteiger partial charge in [-0.25, -0.2) is 4.98 Å². The average molecular weight is 321 g/mol. The van der Waals surface area contributed by atoms with Gasteiger partial charge in [-0.1, -0.05) is 17.7 Å². The molecule has 0 radical (unpaired) electrons. The molecular formula is C14H13ClN4OS. The van der Waals surface area contributed by atoms with E-state index in [0.717, 1.165) is 28.0 Å². The molecule has 0 aliphatic heterocycles. The maximum atomic E-state index is 6.38. The molecule has 7 heteroatoms. The summed E-state index contributed by atoms with van der Waals surface area (Å²) in [6.45, 7) is 3.85. The predicted molar refractivity (Wildman–Crippen MR) is 84.9 cm³/mol. The van der Waals surface area contributed by atoms with Gasteiger partial charge in [0.2, 0.25) is 5.88 Å². The number of benzene rings is 1. The number of rotatable bonds is 2. The molecule has 0 aliphatic carbocycles. The Morgan fingerprint density at radius 1 is 1.24 bits per heavy atom. The van der Waals surface area contributed by atoms with Crippen LogP contribution in [0.4, 0.5) is 0 Å². The van der Waals surface area contributed by atoms with Crippen molar-refractivity contribution >= 4 is 35.1 Å². The first-order valence-electron chi connectivity index (χ1n) is 6.28. The van der Waals surface area contributed by atoms with Gasteiger partial charge in [-0.15, -0.1) is 22.8 Å². The molecule has 0 aliphatic rings. The average Bonchev–Trinajstić information content (AvgIpc) is 2.78. The van der Waals surface area contributed by atoms with Crippen LogP contribution in [0.2, 0.25) is 5.02 Å². The Morgan fingerprint density at radius 2 is 2.00 bits per heavy atom. The summed E-state index contributed by atoms with van der Waals surface area (Å²) in [7, 11) is 1.56. The number of fused-ring (bicyclic) bond motifs is 1. The van der Waals surface area contributed by atoms with E-state index in [1.807, 2.05) is 30.5 Å². The van der Waals surface area contributed by atoms with Crippen LogP contribution in [0.25, 0.3) is 16.6 Å². The summed E-state index contributed by atoms with van der Waals surface area (Å²) >= 11 is 10.7. The maximum absolute atomic E-state index is 6.38. The van der Waals surface area contributed by atoms with Gasteiger partial charge in [0.1, 0.15) is 11.3 Å². The highest BCUT2D eigenvalue weighted by Gasteiger charge is 2.16. The minimum absolute atomic E-state index is 0.464. The van der Waals surface area contributed by atoms with Gasteiger partial charge in [-0.3, -0.25) is 4.57 Å². The second kappa shape index (κ2) is 5.20. The molecule has 0 saturated heterocycles. The summed E-state index contributed by atoms with van der Waals surface area (Å²) < 4.78 is 7.05. The summed E-state index contributed by atoms with van der Waals surface area (Å²) in [5, 5.41) is 9.99. The number of aromatic nitrogens is 4. The first-order valence-corrected chi connectivity index (χ1v) is 7.10. The lowest BCUT2D eigenvalue weighted by molar-refractivity contribution is 0.399. The molecule has 0 bridgehead atoms. The van der Waals surface area contributed by atoms with E-state index >= 15 is 0 Å². The topological polar surface area (TPSA) is 52.8 Å². The van der Waals surface area contributed by atoms with E-state index in [0.29, 0.717) is 16.1 Å². The molecule has 0 amide bonds. The van der Waals surface area contributed by atoms with Crippen molar-refractivity contribution in [2.24, 2.45) is 0 Å². The van der Waals surface area contributed by atoms with Crippen molar-refractivity contribution in [2.75, 3.05) is 7.11 Å². The van der Waals surface area contributed by atoms with Crippen LogP contribution in [0.15, 0.2) is 23.4 Å². The van der Waals surface area contributed by atoms with Crippen molar-refractivity contribution in [3.05, 3.63) is 34.6 Å².